The third-order valence-electron chi connectivity index (χ3n) is 12.6. The van der Waals surface area contributed by atoms with Gasteiger partial charge in [0.1, 0.15) is 18.3 Å². The van der Waals surface area contributed by atoms with E-state index in [4.69, 9.17) is 23.4 Å². The molecule has 10 atom stereocenters. The van der Waals surface area contributed by atoms with Gasteiger partial charge in [-0.2, -0.15) is 0 Å². The summed E-state index contributed by atoms with van der Waals surface area (Å²) in [6.07, 6.45) is -6.80. The fraction of sp³-hybridized carbons (Fsp3) is 0.703. The smallest absolute Gasteiger partial charge is 0.338 e. The van der Waals surface area contributed by atoms with Gasteiger partial charge in [-0.3, -0.25) is 9.59 Å². The highest BCUT2D eigenvalue weighted by Gasteiger charge is 2.79. The number of carbonyl (C=O) groups is 3. The van der Waals surface area contributed by atoms with Gasteiger partial charge in [0.25, 0.3) is 0 Å². The van der Waals surface area contributed by atoms with Crippen molar-refractivity contribution in [3.05, 3.63) is 47.0 Å². The molecule has 0 radical (unpaired) electrons. The van der Waals surface area contributed by atoms with E-state index < -0.39 is 90.8 Å². The lowest BCUT2D eigenvalue weighted by Crippen LogP contribution is -2.78. The van der Waals surface area contributed by atoms with E-state index in [1.165, 1.54) is 13.8 Å². The van der Waals surface area contributed by atoms with Gasteiger partial charge in [-0.25, -0.2) is 4.79 Å². The minimum atomic E-state index is -2.30. The van der Waals surface area contributed by atoms with Crippen molar-refractivity contribution in [2.24, 2.45) is 16.7 Å². The highest BCUT2D eigenvalue weighted by molar-refractivity contribution is 6.73. The number of hydrogen-bond acceptors (Lipinski definition) is 11. The first-order valence-corrected chi connectivity index (χ1v) is 20.1. The van der Waals surface area contributed by atoms with Gasteiger partial charge in [0.05, 0.1) is 41.3 Å². The second-order valence-electron chi connectivity index (χ2n) is 15.3. The molecule has 0 aromatic heterocycles. The van der Waals surface area contributed by atoms with E-state index in [1.807, 2.05) is 6.92 Å². The van der Waals surface area contributed by atoms with E-state index in [1.54, 1.807) is 51.1 Å². The van der Waals surface area contributed by atoms with Crippen molar-refractivity contribution >= 4 is 26.2 Å². The number of hydrogen-bond donors (Lipinski definition) is 3. The predicted molar refractivity (Wildman–Crippen MR) is 182 cm³/mol. The van der Waals surface area contributed by atoms with Gasteiger partial charge in [0.15, 0.2) is 20.0 Å². The molecule has 3 aliphatic carbocycles. The average molecular weight is 703 g/mol. The summed E-state index contributed by atoms with van der Waals surface area (Å²) in [7, 11) is -2.30. The van der Waals surface area contributed by atoms with Crippen molar-refractivity contribution in [1.29, 1.82) is 0 Å². The molecule has 5 rings (SSSR count). The monoisotopic (exact) mass is 702 g/mol. The highest BCUT2D eigenvalue weighted by Crippen LogP contribution is 2.68. The molecule has 3 N–H and O–H groups in total. The topological polar surface area (TPSA) is 158 Å². The Balaban J connectivity index is 1.88. The Bertz CT molecular complexity index is 1460. The first kappa shape index (κ1) is 37.6. The van der Waals surface area contributed by atoms with Crippen molar-refractivity contribution in [1.82, 2.24) is 0 Å². The van der Waals surface area contributed by atoms with Crippen LogP contribution in [0, 0.1) is 16.7 Å². The zero-order valence-corrected chi connectivity index (χ0v) is 31.3. The first-order valence-electron chi connectivity index (χ1n) is 17.6. The molecule has 12 heteroatoms. The van der Waals surface area contributed by atoms with Crippen LogP contribution in [0.3, 0.4) is 0 Å². The van der Waals surface area contributed by atoms with Crippen LogP contribution in [-0.4, -0.2) is 96.0 Å². The molecule has 4 aliphatic rings. The Morgan fingerprint density at radius 1 is 1.00 bits per heavy atom. The van der Waals surface area contributed by atoms with E-state index in [9.17, 15) is 29.7 Å². The molecule has 0 amide bonds. The largest absolute Gasteiger partial charge is 0.457 e. The third kappa shape index (κ3) is 5.70. The summed E-state index contributed by atoms with van der Waals surface area (Å²) in [5, 5.41) is 37.3. The number of carbonyl (C=O) groups excluding carboxylic acids is 3. The summed E-state index contributed by atoms with van der Waals surface area (Å²) in [4.78, 5) is 40.1. The summed E-state index contributed by atoms with van der Waals surface area (Å²) >= 11 is 0. The Kier molecular flexibility index (Phi) is 10.1. The van der Waals surface area contributed by atoms with Crippen molar-refractivity contribution < 1.29 is 53.1 Å². The number of esters is 3. The number of ether oxygens (including phenoxy) is 4. The van der Waals surface area contributed by atoms with Gasteiger partial charge in [-0.1, -0.05) is 45.9 Å². The number of aliphatic hydroxyl groups excluding tert-OH is 2. The van der Waals surface area contributed by atoms with Crippen LogP contribution < -0.4 is 0 Å². The summed E-state index contributed by atoms with van der Waals surface area (Å²) in [5.74, 6) is -3.12. The maximum Gasteiger partial charge on any atom is 0.338 e. The van der Waals surface area contributed by atoms with Crippen molar-refractivity contribution in [2.75, 3.05) is 6.61 Å². The molecular formula is C37H54O11Si. The average Bonchev–Trinajstić information content (AvgIpc) is 3.31. The maximum atomic E-state index is 14.3. The molecule has 1 heterocycles. The van der Waals surface area contributed by atoms with E-state index in [2.05, 4.69) is 20.8 Å². The molecule has 272 valence electrons. The number of rotatable bonds is 10. The van der Waals surface area contributed by atoms with Crippen LogP contribution in [0.25, 0.3) is 0 Å². The van der Waals surface area contributed by atoms with Crippen LogP contribution in [0.2, 0.25) is 18.1 Å². The third-order valence-corrected chi connectivity index (χ3v) is 17.2. The van der Waals surface area contributed by atoms with Gasteiger partial charge in [0.2, 0.25) is 0 Å². The molecule has 3 fully saturated rings. The lowest BCUT2D eigenvalue weighted by Gasteiger charge is -2.65. The second-order valence-corrected chi connectivity index (χ2v) is 20.0. The molecule has 1 aromatic rings. The van der Waals surface area contributed by atoms with Crippen molar-refractivity contribution in [3.8, 4) is 0 Å². The van der Waals surface area contributed by atoms with Gasteiger partial charge in [-0.15, -0.1) is 0 Å². The Labute approximate surface area is 290 Å². The molecule has 1 aliphatic heterocycles. The zero-order valence-electron chi connectivity index (χ0n) is 30.3. The quantitative estimate of drug-likeness (QED) is 0.137. The SMILES string of the molecule is CC[Si](CC)(CC)OC1C[C@]2(C(C)(C)O)C(=C1C)[C@H](OC(C)=O)[C@H](O)[C@@]1(C)[C@H]([C@@H]2OC(=O)c2ccccc2)[C@]2(OC(C)=O)CO[C@@H]2C[C@@H]1O. The van der Waals surface area contributed by atoms with Crippen molar-refractivity contribution in [3.63, 3.8) is 0 Å². The first-order chi connectivity index (χ1) is 22.9. The number of benzene rings is 1. The Morgan fingerprint density at radius 3 is 2.10 bits per heavy atom. The van der Waals surface area contributed by atoms with Crippen LogP contribution in [0.1, 0.15) is 85.5 Å². The second kappa shape index (κ2) is 13.2. The maximum absolute atomic E-state index is 14.3. The highest BCUT2D eigenvalue weighted by atomic mass is 28.4. The van der Waals surface area contributed by atoms with Crippen molar-refractivity contribution in [2.45, 2.75) is 141 Å². The fourth-order valence-corrected chi connectivity index (χ4v) is 12.6. The summed E-state index contributed by atoms with van der Waals surface area (Å²) in [6.45, 7) is 15.5. The Hall–Kier alpha value is -2.61. The lowest BCUT2D eigenvalue weighted by atomic mass is 9.49. The van der Waals surface area contributed by atoms with Gasteiger partial charge >= 0.3 is 17.9 Å². The molecule has 0 spiro atoms. The van der Waals surface area contributed by atoms with Crippen LogP contribution in [-0.2, 0) is 33.0 Å². The molecule has 49 heavy (non-hydrogen) atoms. The lowest BCUT2D eigenvalue weighted by molar-refractivity contribution is -0.351. The molecule has 11 nitrogen and oxygen atoms in total. The van der Waals surface area contributed by atoms with Crippen LogP contribution in [0.4, 0.5) is 0 Å². The molecular weight excluding hydrogens is 648 g/mol. The standard InChI is InChI=1S/C37H54O11Si/c1-10-49(11-2,12-3)48-25-19-36(34(7,8)43)28(21(25)4)29(45-22(5)38)31(41)35(9)26(40)18-27-37(20-44-27,47-23(6)39)30(35)32(36)46-33(42)24-16-14-13-15-17-24/h13-17,25-27,29-32,40-41,43H,10-12,18-20H2,1-9H3/t25?,26-,27+,29-,30-,31-,32-,35+,36-,37-/m0/s1. The number of aliphatic hydroxyl groups is 3. The summed E-state index contributed by atoms with van der Waals surface area (Å²) in [5.41, 5.74) is -5.02. The summed E-state index contributed by atoms with van der Waals surface area (Å²) in [6, 6.07) is 11.0. The van der Waals surface area contributed by atoms with Gasteiger partial charge in [-0.05, 0) is 68.6 Å². The molecule has 2 saturated carbocycles. The van der Waals surface area contributed by atoms with Crippen LogP contribution in [0.15, 0.2) is 41.5 Å². The Morgan fingerprint density at radius 2 is 1.61 bits per heavy atom. The molecule has 1 unspecified atom stereocenters. The van der Waals surface area contributed by atoms with Crippen LogP contribution in [0.5, 0.6) is 0 Å². The van der Waals surface area contributed by atoms with E-state index in [0.717, 1.165) is 18.1 Å². The minimum absolute atomic E-state index is 0.000384. The zero-order chi connectivity index (χ0) is 36.3. The fourth-order valence-electron chi connectivity index (χ4n) is 9.69. The molecule has 0 bridgehead atoms. The minimum Gasteiger partial charge on any atom is -0.457 e. The predicted octanol–water partition coefficient (Wildman–Crippen LogP) is 4.47. The van der Waals surface area contributed by atoms with E-state index >= 15 is 0 Å². The van der Waals surface area contributed by atoms with E-state index in [0.29, 0.717) is 11.1 Å². The summed E-state index contributed by atoms with van der Waals surface area (Å²) < 4.78 is 32.0. The molecule has 1 aromatic carbocycles. The van der Waals surface area contributed by atoms with Gasteiger partial charge < -0.3 is 38.7 Å². The van der Waals surface area contributed by atoms with E-state index in [-0.39, 0.29) is 25.0 Å². The van der Waals surface area contributed by atoms with Crippen LogP contribution >= 0.6 is 0 Å². The molecule has 1 saturated heterocycles. The number of fused-ring (bicyclic) bond motifs is 4. The van der Waals surface area contributed by atoms with Gasteiger partial charge in [0, 0.05) is 25.7 Å². The normalized spacial score (nSPS) is 37.2.